The van der Waals surface area contributed by atoms with Gasteiger partial charge in [-0.05, 0) is 26.2 Å². The minimum atomic E-state index is 0.506. The maximum Gasteiger partial charge on any atom is 0.224 e. The van der Waals surface area contributed by atoms with Gasteiger partial charge < -0.3 is 15.0 Å². The van der Waals surface area contributed by atoms with Gasteiger partial charge in [-0.1, -0.05) is 12.8 Å². The highest BCUT2D eigenvalue weighted by atomic mass is 16.5. The van der Waals surface area contributed by atoms with Crippen LogP contribution < -0.4 is 10.2 Å². The molecular formula is C15H26N4O. The highest BCUT2D eigenvalue weighted by Crippen LogP contribution is 2.20. The quantitative estimate of drug-likeness (QED) is 0.777. The van der Waals surface area contributed by atoms with Crippen LogP contribution in [-0.4, -0.2) is 43.3 Å². The normalized spacial score (nSPS) is 15.6. The van der Waals surface area contributed by atoms with Gasteiger partial charge in [0.2, 0.25) is 5.95 Å². The smallest absolute Gasteiger partial charge is 0.224 e. The van der Waals surface area contributed by atoms with Crippen molar-refractivity contribution < 1.29 is 4.74 Å². The number of nitrogens with one attached hydrogen (secondary N) is 1. The van der Waals surface area contributed by atoms with E-state index in [4.69, 9.17) is 4.74 Å². The van der Waals surface area contributed by atoms with Crippen LogP contribution in [0.4, 0.5) is 11.8 Å². The molecule has 0 amide bonds. The summed E-state index contributed by atoms with van der Waals surface area (Å²) in [4.78, 5) is 10.8. The predicted octanol–water partition coefficient (Wildman–Crippen LogP) is 2.61. The number of anilines is 2. The van der Waals surface area contributed by atoms with Gasteiger partial charge in [-0.25, -0.2) is 4.98 Å². The molecule has 0 spiro atoms. The Labute approximate surface area is 121 Å². The number of hydrogen-bond donors (Lipinski definition) is 1. The highest BCUT2D eigenvalue weighted by Gasteiger charge is 2.14. The fourth-order valence-electron chi connectivity index (χ4n) is 2.55. The van der Waals surface area contributed by atoms with Crippen LogP contribution in [0.25, 0.3) is 0 Å². The van der Waals surface area contributed by atoms with Crippen LogP contribution in [-0.2, 0) is 4.74 Å². The zero-order valence-corrected chi connectivity index (χ0v) is 12.9. The van der Waals surface area contributed by atoms with Crippen LogP contribution in [0.5, 0.6) is 0 Å². The fourth-order valence-corrected chi connectivity index (χ4v) is 2.55. The van der Waals surface area contributed by atoms with Crippen molar-refractivity contribution in [3.63, 3.8) is 0 Å². The van der Waals surface area contributed by atoms with E-state index < -0.39 is 0 Å². The molecule has 1 aromatic heterocycles. The molecule has 0 bridgehead atoms. The molecule has 1 aromatic rings. The van der Waals surface area contributed by atoms with Crippen molar-refractivity contribution in [2.45, 2.75) is 45.1 Å². The first-order chi connectivity index (χ1) is 9.66. The molecule has 0 aliphatic heterocycles. The van der Waals surface area contributed by atoms with Gasteiger partial charge in [0.15, 0.2) is 0 Å². The summed E-state index contributed by atoms with van der Waals surface area (Å²) in [5, 5.41) is 3.26. The lowest BCUT2D eigenvalue weighted by molar-refractivity contribution is 0.0583. The Morgan fingerprint density at radius 2 is 2.10 bits per heavy atom. The van der Waals surface area contributed by atoms with E-state index in [1.54, 1.807) is 0 Å². The van der Waals surface area contributed by atoms with Crippen molar-refractivity contribution in [3.8, 4) is 0 Å². The third kappa shape index (κ3) is 4.34. The topological polar surface area (TPSA) is 50.3 Å². The Hall–Kier alpha value is -1.36. The molecule has 1 heterocycles. The molecule has 2 rings (SSSR count). The van der Waals surface area contributed by atoms with Crippen molar-refractivity contribution in [1.29, 1.82) is 0 Å². The van der Waals surface area contributed by atoms with Crippen LogP contribution >= 0.6 is 0 Å². The van der Waals surface area contributed by atoms with E-state index in [0.29, 0.717) is 12.1 Å². The zero-order valence-electron chi connectivity index (χ0n) is 12.9. The molecule has 1 fully saturated rings. The number of hydrogen-bond acceptors (Lipinski definition) is 5. The Balaban J connectivity index is 1.69. The summed E-state index contributed by atoms with van der Waals surface area (Å²) >= 11 is 0. The van der Waals surface area contributed by atoms with E-state index in [0.717, 1.165) is 31.0 Å². The van der Waals surface area contributed by atoms with Gasteiger partial charge in [0.05, 0.1) is 6.10 Å². The van der Waals surface area contributed by atoms with E-state index in [1.165, 1.54) is 25.7 Å². The van der Waals surface area contributed by atoms with Gasteiger partial charge in [-0.15, -0.1) is 0 Å². The maximum absolute atomic E-state index is 5.83. The molecule has 0 atom stereocenters. The van der Waals surface area contributed by atoms with Gasteiger partial charge in [-0.3, -0.25) is 0 Å². The molecular weight excluding hydrogens is 252 g/mol. The first-order valence-corrected chi connectivity index (χ1v) is 7.53. The Morgan fingerprint density at radius 1 is 1.35 bits per heavy atom. The lowest BCUT2D eigenvalue weighted by Crippen LogP contribution is -2.16. The minimum Gasteiger partial charge on any atom is -0.378 e. The van der Waals surface area contributed by atoms with Crippen molar-refractivity contribution >= 4 is 11.8 Å². The first-order valence-electron chi connectivity index (χ1n) is 7.53. The lowest BCUT2D eigenvalue weighted by Gasteiger charge is -2.15. The van der Waals surface area contributed by atoms with E-state index in [-0.39, 0.29) is 0 Å². The van der Waals surface area contributed by atoms with Crippen molar-refractivity contribution in [2.75, 3.05) is 37.5 Å². The first kappa shape index (κ1) is 15.0. The lowest BCUT2D eigenvalue weighted by atomic mass is 10.3. The summed E-state index contributed by atoms with van der Waals surface area (Å²) in [5.41, 5.74) is 1.09. The van der Waals surface area contributed by atoms with Crippen LogP contribution in [0.3, 0.4) is 0 Å². The Kier molecular flexibility index (Phi) is 5.59. The van der Waals surface area contributed by atoms with Gasteiger partial charge >= 0.3 is 0 Å². The van der Waals surface area contributed by atoms with Gasteiger partial charge in [0.1, 0.15) is 5.82 Å². The van der Waals surface area contributed by atoms with Crippen LogP contribution in [0.1, 0.15) is 37.7 Å². The van der Waals surface area contributed by atoms with Crippen molar-refractivity contribution in [2.24, 2.45) is 0 Å². The molecule has 1 saturated carbocycles. The Morgan fingerprint density at radius 3 is 2.80 bits per heavy atom. The number of aryl methyl sites for hydroxylation is 1. The van der Waals surface area contributed by atoms with Crippen LogP contribution in [0.15, 0.2) is 6.20 Å². The molecule has 1 aliphatic carbocycles. The Bertz CT molecular complexity index is 416. The van der Waals surface area contributed by atoms with Crippen molar-refractivity contribution in [3.05, 3.63) is 11.8 Å². The third-order valence-electron chi connectivity index (χ3n) is 3.63. The van der Waals surface area contributed by atoms with E-state index in [2.05, 4.69) is 15.3 Å². The van der Waals surface area contributed by atoms with Crippen LogP contribution in [0, 0.1) is 6.92 Å². The second-order valence-electron chi connectivity index (χ2n) is 5.65. The number of aromatic nitrogens is 2. The molecule has 0 aromatic carbocycles. The van der Waals surface area contributed by atoms with E-state index >= 15 is 0 Å². The molecule has 5 nitrogen and oxygen atoms in total. The van der Waals surface area contributed by atoms with Crippen molar-refractivity contribution in [1.82, 2.24) is 9.97 Å². The standard InChI is InChI=1S/C15H26N4O/c1-12-11-17-15(18-14(12)19(2)3)16-9-6-10-20-13-7-4-5-8-13/h11,13H,4-10H2,1-3H3,(H,16,17,18). The summed E-state index contributed by atoms with van der Waals surface area (Å²) in [6, 6.07) is 0. The summed E-state index contributed by atoms with van der Waals surface area (Å²) in [7, 11) is 3.99. The molecule has 5 heteroatoms. The van der Waals surface area contributed by atoms with Crippen LogP contribution in [0.2, 0.25) is 0 Å². The molecule has 112 valence electrons. The van der Waals surface area contributed by atoms with Gasteiger partial charge in [0.25, 0.3) is 0 Å². The molecule has 1 N–H and O–H groups in total. The predicted molar refractivity (Wildman–Crippen MR) is 82.4 cm³/mol. The SMILES string of the molecule is Cc1cnc(NCCCOC2CCCC2)nc1N(C)C. The average Bonchev–Trinajstić information content (AvgIpc) is 2.93. The van der Waals surface area contributed by atoms with Gasteiger partial charge in [0, 0.05) is 39.0 Å². The summed E-state index contributed by atoms with van der Waals surface area (Å²) in [5.74, 6) is 1.66. The van der Waals surface area contributed by atoms with E-state index in [1.807, 2.05) is 32.1 Å². The third-order valence-corrected chi connectivity index (χ3v) is 3.63. The molecule has 0 saturated heterocycles. The second kappa shape index (κ2) is 7.43. The molecule has 0 radical (unpaired) electrons. The summed E-state index contributed by atoms with van der Waals surface area (Å²) in [6.07, 6.45) is 8.48. The van der Waals surface area contributed by atoms with E-state index in [9.17, 15) is 0 Å². The monoisotopic (exact) mass is 278 g/mol. The van der Waals surface area contributed by atoms with Gasteiger partial charge in [-0.2, -0.15) is 4.98 Å². The second-order valence-corrected chi connectivity index (χ2v) is 5.65. The molecule has 0 unspecified atom stereocenters. The largest absolute Gasteiger partial charge is 0.378 e. The summed E-state index contributed by atoms with van der Waals surface area (Å²) < 4.78 is 5.83. The number of ether oxygens (including phenoxy) is 1. The molecule has 1 aliphatic rings. The molecule has 20 heavy (non-hydrogen) atoms. The maximum atomic E-state index is 5.83. The minimum absolute atomic E-state index is 0.506. The summed E-state index contributed by atoms with van der Waals surface area (Å²) in [6.45, 7) is 3.70. The highest BCUT2D eigenvalue weighted by molar-refractivity contribution is 5.47. The average molecular weight is 278 g/mol. The fraction of sp³-hybridized carbons (Fsp3) is 0.733. The number of nitrogens with zero attached hydrogens (tertiary/aromatic N) is 3. The number of rotatable bonds is 7. The zero-order chi connectivity index (χ0) is 14.4.